The Morgan fingerprint density at radius 3 is 2.50 bits per heavy atom. The van der Waals surface area contributed by atoms with Crippen molar-refractivity contribution in [3.63, 3.8) is 0 Å². The SMILES string of the molecule is COc1ccccc1C(=O)NC1CCC(Oc2ncccn2)CC1. The van der Waals surface area contributed by atoms with Gasteiger partial charge in [0.15, 0.2) is 0 Å². The molecule has 1 aliphatic carbocycles. The number of para-hydroxylation sites is 1. The average Bonchev–Trinajstić information content (AvgIpc) is 2.64. The van der Waals surface area contributed by atoms with Gasteiger partial charge in [0, 0.05) is 18.4 Å². The predicted molar refractivity (Wildman–Crippen MR) is 89.2 cm³/mol. The number of ether oxygens (including phenoxy) is 2. The Bertz CT molecular complexity index is 670. The van der Waals surface area contributed by atoms with Crippen molar-refractivity contribution in [3.8, 4) is 11.8 Å². The van der Waals surface area contributed by atoms with Gasteiger partial charge in [-0.25, -0.2) is 9.97 Å². The number of hydrogen-bond donors (Lipinski definition) is 1. The first-order valence-electron chi connectivity index (χ1n) is 8.14. The van der Waals surface area contributed by atoms with E-state index in [0.29, 0.717) is 17.3 Å². The summed E-state index contributed by atoms with van der Waals surface area (Å²) in [5.74, 6) is 0.497. The van der Waals surface area contributed by atoms with Gasteiger partial charge in [-0.2, -0.15) is 0 Å². The lowest BCUT2D eigenvalue weighted by atomic mass is 9.92. The van der Waals surface area contributed by atoms with Gasteiger partial charge >= 0.3 is 6.01 Å². The van der Waals surface area contributed by atoms with Crippen LogP contribution in [0.5, 0.6) is 11.8 Å². The Morgan fingerprint density at radius 2 is 1.79 bits per heavy atom. The van der Waals surface area contributed by atoms with Crippen molar-refractivity contribution in [1.29, 1.82) is 0 Å². The van der Waals surface area contributed by atoms with Crippen LogP contribution in [0.15, 0.2) is 42.7 Å². The number of benzene rings is 1. The Labute approximate surface area is 141 Å². The van der Waals surface area contributed by atoms with Gasteiger partial charge in [-0.05, 0) is 43.9 Å². The van der Waals surface area contributed by atoms with Crippen molar-refractivity contribution in [2.45, 2.75) is 37.8 Å². The molecule has 0 unspecified atom stereocenters. The molecule has 0 saturated heterocycles. The molecule has 6 heteroatoms. The predicted octanol–water partition coefficient (Wildman–Crippen LogP) is 2.61. The highest BCUT2D eigenvalue weighted by Crippen LogP contribution is 2.23. The molecule has 1 fully saturated rings. The molecule has 1 aliphatic rings. The van der Waals surface area contributed by atoms with Crippen LogP contribution in [0.4, 0.5) is 0 Å². The minimum atomic E-state index is -0.0942. The molecular formula is C18H21N3O3. The van der Waals surface area contributed by atoms with E-state index in [0.717, 1.165) is 25.7 Å². The van der Waals surface area contributed by atoms with E-state index in [1.54, 1.807) is 37.7 Å². The van der Waals surface area contributed by atoms with Crippen LogP contribution < -0.4 is 14.8 Å². The third-order valence-corrected chi connectivity index (χ3v) is 4.18. The third-order valence-electron chi connectivity index (χ3n) is 4.18. The Kier molecular flexibility index (Phi) is 5.25. The van der Waals surface area contributed by atoms with Gasteiger partial charge in [-0.1, -0.05) is 12.1 Å². The van der Waals surface area contributed by atoms with Gasteiger partial charge in [0.2, 0.25) is 0 Å². The van der Waals surface area contributed by atoms with Crippen LogP contribution in [-0.2, 0) is 0 Å². The molecule has 24 heavy (non-hydrogen) atoms. The standard InChI is InChI=1S/C18H21N3O3/c1-23-16-6-3-2-5-15(16)17(22)21-13-7-9-14(10-8-13)24-18-19-11-4-12-20-18/h2-6,11-14H,7-10H2,1H3,(H,21,22). The molecule has 6 nitrogen and oxygen atoms in total. The second kappa shape index (κ2) is 7.77. The monoisotopic (exact) mass is 327 g/mol. The number of amides is 1. The van der Waals surface area contributed by atoms with Crippen molar-refractivity contribution in [3.05, 3.63) is 48.3 Å². The first-order valence-corrected chi connectivity index (χ1v) is 8.14. The maximum atomic E-state index is 12.4. The van der Waals surface area contributed by atoms with Gasteiger partial charge in [0.25, 0.3) is 5.91 Å². The lowest BCUT2D eigenvalue weighted by Gasteiger charge is -2.29. The average molecular weight is 327 g/mol. The zero-order valence-electron chi connectivity index (χ0n) is 13.6. The van der Waals surface area contributed by atoms with Crippen LogP contribution in [0.2, 0.25) is 0 Å². The third kappa shape index (κ3) is 4.01. The number of methoxy groups -OCH3 is 1. The lowest BCUT2D eigenvalue weighted by molar-refractivity contribution is 0.0882. The summed E-state index contributed by atoms with van der Waals surface area (Å²) in [6, 6.07) is 9.58. The zero-order chi connectivity index (χ0) is 16.8. The van der Waals surface area contributed by atoms with Gasteiger partial charge in [-0.3, -0.25) is 4.79 Å². The quantitative estimate of drug-likeness (QED) is 0.914. The molecule has 2 aromatic rings. The number of hydrogen-bond acceptors (Lipinski definition) is 5. The van der Waals surface area contributed by atoms with Crippen molar-refractivity contribution in [2.75, 3.05) is 7.11 Å². The van der Waals surface area contributed by atoms with Crippen molar-refractivity contribution in [1.82, 2.24) is 15.3 Å². The van der Waals surface area contributed by atoms with Gasteiger partial charge in [0.1, 0.15) is 11.9 Å². The van der Waals surface area contributed by atoms with E-state index in [9.17, 15) is 4.79 Å². The first kappa shape index (κ1) is 16.2. The first-order chi connectivity index (χ1) is 11.8. The van der Waals surface area contributed by atoms with E-state index in [1.165, 1.54) is 0 Å². The van der Waals surface area contributed by atoms with Gasteiger partial charge < -0.3 is 14.8 Å². The molecule has 0 radical (unpaired) electrons. The molecule has 1 aromatic carbocycles. The minimum absolute atomic E-state index is 0.0942. The zero-order valence-corrected chi connectivity index (χ0v) is 13.6. The molecule has 1 N–H and O–H groups in total. The van der Waals surface area contributed by atoms with E-state index >= 15 is 0 Å². The molecule has 3 rings (SSSR count). The number of rotatable bonds is 5. The number of nitrogens with zero attached hydrogens (tertiary/aromatic N) is 2. The molecular weight excluding hydrogens is 306 g/mol. The molecule has 0 aliphatic heterocycles. The summed E-state index contributed by atoms with van der Waals surface area (Å²) in [5, 5.41) is 3.09. The van der Waals surface area contributed by atoms with Crippen LogP contribution in [0.25, 0.3) is 0 Å². The highest BCUT2D eigenvalue weighted by atomic mass is 16.5. The van der Waals surface area contributed by atoms with E-state index < -0.39 is 0 Å². The molecule has 0 spiro atoms. The molecule has 1 amide bonds. The molecule has 0 atom stereocenters. The summed E-state index contributed by atoms with van der Waals surface area (Å²) in [5.41, 5.74) is 0.566. The van der Waals surface area contributed by atoms with Crippen LogP contribution in [-0.4, -0.2) is 35.1 Å². The number of nitrogens with one attached hydrogen (secondary N) is 1. The Balaban J connectivity index is 1.51. The molecule has 1 aromatic heterocycles. The van der Waals surface area contributed by atoms with Crippen LogP contribution >= 0.6 is 0 Å². The minimum Gasteiger partial charge on any atom is -0.496 e. The largest absolute Gasteiger partial charge is 0.496 e. The normalized spacial score (nSPS) is 20.2. The summed E-state index contributed by atoms with van der Waals surface area (Å²) in [6.07, 6.45) is 6.93. The number of aromatic nitrogens is 2. The fourth-order valence-electron chi connectivity index (χ4n) is 2.92. The molecule has 1 saturated carbocycles. The van der Waals surface area contributed by atoms with Crippen LogP contribution in [0.1, 0.15) is 36.0 Å². The molecule has 1 heterocycles. The molecule has 126 valence electrons. The van der Waals surface area contributed by atoms with E-state index in [-0.39, 0.29) is 18.1 Å². The second-order valence-corrected chi connectivity index (χ2v) is 5.80. The highest BCUT2D eigenvalue weighted by Gasteiger charge is 2.25. The van der Waals surface area contributed by atoms with Gasteiger partial charge in [0.05, 0.1) is 12.7 Å². The fourth-order valence-corrected chi connectivity index (χ4v) is 2.92. The fraction of sp³-hybridized carbons (Fsp3) is 0.389. The maximum absolute atomic E-state index is 12.4. The van der Waals surface area contributed by atoms with E-state index in [1.807, 2.05) is 12.1 Å². The van der Waals surface area contributed by atoms with Crippen LogP contribution in [0, 0.1) is 0 Å². The highest BCUT2D eigenvalue weighted by molar-refractivity contribution is 5.97. The summed E-state index contributed by atoms with van der Waals surface area (Å²) in [7, 11) is 1.57. The summed E-state index contributed by atoms with van der Waals surface area (Å²) >= 11 is 0. The molecule has 0 bridgehead atoms. The van der Waals surface area contributed by atoms with Crippen molar-refractivity contribution >= 4 is 5.91 Å². The summed E-state index contributed by atoms with van der Waals surface area (Å²) < 4.78 is 11.0. The van der Waals surface area contributed by atoms with Crippen molar-refractivity contribution in [2.24, 2.45) is 0 Å². The lowest BCUT2D eigenvalue weighted by Crippen LogP contribution is -2.39. The van der Waals surface area contributed by atoms with Gasteiger partial charge in [-0.15, -0.1) is 0 Å². The van der Waals surface area contributed by atoms with Crippen molar-refractivity contribution < 1.29 is 14.3 Å². The Hall–Kier alpha value is -2.63. The second-order valence-electron chi connectivity index (χ2n) is 5.80. The Morgan fingerprint density at radius 1 is 1.08 bits per heavy atom. The smallest absolute Gasteiger partial charge is 0.316 e. The summed E-state index contributed by atoms with van der Waals surface area (Å²) in [4.78, 5) is 20.6. The number of carbonyl (C=O) groups excluding carboxylic acids is 1. The maximum Gasteiger partial charge on any atom is 0.316 e. The van der Waals surface area contributed by atoms with E-state index in [4.69, 9.17) is 9.47 Å². The number of carbonyl (C=O) groups is 1. The van der Waals surface area contributed by atoms with Crippen LogP contribution in [0.3, 0.4) is 0 Å². The topological polar surface area (TPSA) is 73.3 Å². The summed E-state index contributed by atoms with van der Waals surface area (Å²) in [6.45, 7) is 0. The van der Waals surface area contributed by atoms with E-state index in [2.05, 4.69) is 15.3 Å².